The molecule has 3 rings (SSSR count). The van der Waals surface area contributed by atoms with Crippen LogP contribution in [0.15, 0.2) is 6.07 Å². The monoisotopic (exact) mass is 292 g/mol. The van der Waals surface area contributed by atoms with Crippen molar-refractivity contribution in [2.45, 2.75) is 44.9 Å². The standard InChI is InChI=1S/C15H24N4O2/c1-3-16-13-9-15(18-14(17-13)10-20-2)19-7-8-21-12-6-4-5-11(12)19/h9,11-12H,3-8,10H2,1-2H3,(H,16,17,18). The van der Waals surface area contributed by atoms with E-state index in [1.165, 1.54) is 12.8 Å². The number of hydrogen-bond donors (Lipinski definition) is 1. The number of morpholine rings is 1. The minimum atomic E-state index is 0.363. The highest BCUT2D eigenvalue weighted by Crippen LogP contribution is 2.32. The number of nitrogens with one attached hydrogen (secondary N) is 1. The van der Waals surface area contributed by atoms with Crippen LogP contribution >= 0.6 is 0 Å². The minimum Gasteiger partial charge on any atom is -0.377 e. The Morgan fingerprint density at radius 3 is 3.14 bits per heavy atom. The first-order valence-corrected chi connectivity index (χ1v) is 7.81. The first-order valence-electron chi connectivity index (χ1n) is 7.81. The average molecular weight is 292 g/mol. The molecule has 2 fully saturated rings. The lowest BCUT2D eigenvalue weighted by Crippen LogP contribution is -2.49. The molecule has 0 amide bonds. The molecule has 6 nitrogen and oxygen atoms in total. The Kier molecular flexibility index (Phi) is 4.55. The van der Waals surface area contributed by atoms with E-state index in [2.05, 4.69) is 27.1 Å². The van der Waals surface area contributed by atoms with E-state index in [0.717, 1.165) is 43.6 Å². The van der Waals surface area contributed by atoms with Gasteiger partial charge in [-0.3, -0.25) is 0 Å². The summed E-state index contributed by atoms with van der Waals surface area (Å²) in [6, 6.07) is 2.50. The van der Waals surface area contributed by atoms with Gasteiger partial charge in [0.2, 0.25) is 0 Å². The summed E-state index contributed by atoms with van der Waals surface area (Å²) in [6.07, 6.45) is 3.95. The third kappa shape index (κ3) is 3.11. The molecule has 0 radical (unpaired) electrons. The molecule has 2 atom stereocenters. The van der Waals surface area contributed by atoms with Gasteiger partial charge < -0.3 is 19.7 Å². The fourth-order valence-electron chi connectivity index (χ4n) is 3.31. The number of nitrogens with zero attached hydrogens (tertiary/aromatic N) is 3. The van der Waals surface area contributed by atoms with Crippen molar-refractivity contribution in [3.05, 3.63) is 11.9 Å². The maximum atomic E-state index is 5.88. The molecule has 1 aromatic heterocycles. The number of hydrogen-bond acceptors (Lipinski definition) is 6. The number of rotatable bonds is 5. The summed E-state index contributed by atoms with van der Waals surface area (Å²) in [7, 11) is 1.67. The van der Waals surface area contributed by atoms with E-state index in [0.29, 0.717) is 18.8 Å². The highest BCUT2D eigenvalue weighted by atomic mass is 16.5. The highest BCUT2D eigenvalue weighted by molar-refractivity contribution is 5.50. The largest absolute Gasteiger partial charge is 0.377 e. The summed E-state index contributed by atoms with van der Waals surface area (Å²) in [5, 5.41) is 3.28. The molecule has 2 aliphatic rings. The van der Waals surface area contributed by atoms with Crippen LogP contribution in [0, 0.1) is 0 Å². The third-order valence-corrected chi connectivity index (χ3v) is 4.17. The lowest BCUT2D eigenvalue weighted by Gasteiger charge is -2.38. The lowest BCUT2D eigenvalue weighted by atomic mass is 10.1. The van der Waals surface area contributed by atoms with E-state index in [1.54, 1.807) is 7.11 Å². The SMILES string of the molecule is CCNc1cc(N2CCOC3CCCC32)nc(COC)n1. The van der Waals surface area contributed by atoms with Gasteiger partial charge in [-0.25, -0.2) is 9.97 Å². The summed E-state index contributed by atoms with van der Waals surface area (Å²) in [6.45, 7) is 5.03. The van der Waals surface area contributed by atoms with Crippen molar-refractivity contribution in [3.8, 4) is 0 Å². The van der Waals surface area contributed by atoms with E-state index in [1.807, 2.05) is 6.07 Å². The van der Waals surface area contributed by atoms with Gasteiger partial charge in [0.15, 0.2) is 5.82 Å². The number of ether oxygens (including phenoxy) is 2. The van der Waals surface area contributed by atoms with E-state index in [9.17, 15) is 0 Å². The van der Waals surface area contributed by atoms with Crippen molar-refractivity contribution in [1.82, 2.24) is 9.97 Å². The number of anilines is 2. The van der Waals surface area contributed by atoms with E-state index >= 15 is 0 Å². The van der Waals surface area contributed by atoms with E-state index < -0.39 is 0 Å². The zero-order valence-corrected chi connectivity index (χ0v) is 12.8. The summed E-state index contributed by atoms with van der Waals surface area (Å²) in [5.41, 5.74) is 0. The highest BCUT2D eigenvalue weighted by Gasteiger charge is 2.36. The second-order valence-electron chi connectivity index (χ2n) is 5.59. The Bertz CT molecular complexity index is 458. The molecular formula is C15H24N4O2. The van der Waals surface area contributed by atoms with E-state index in [4.69, 9.17) is 9.47 Å². The van der Waals surface area contributed by atoms with Gasteiger partial charge in [0.05, 0.1) is 18.8 Å². The van der Waals surface area contributed by atoms with Gasteiger partial charge in [-0.05, 0) is 26.2 Å². The van der Waals surface area contributed by atoms with Crippen molar-refractivity contribution in [2.75, 3.05) is 37.0 Å². The third-order valence-electron chi connectivity index (χ3n) is 4.17. The molecule has 0 bridgehead atoms. The van der Waals surface area contributed by atoms with Crippen LogP contribution in [0.25, 0.3) is 0 Å². The Labute approximate surface area is 125 Å². The van der Waals surface area contributed by atoms with Gasteiger partial charge >= 0.3 is 0 Å². The average Bonchev–Trinajstić information content (AvgIpc) is 2.96. The molecule has 1 N–H and O–H groups in total. The zero-order valence-electron chi connectivity index (χ0n) is 12.8. The van der Waals surface area contributed by atoms with Gasteiger partial charge in [-0.15, -0.1) is 0 Å². The van der Waals surface area contributed by atoms with Crippen molar-refractivity contribution >= 4 is 11.6 Å². The Morgan fingerprint density at radius 2 is 2.33 bits per heavy atom. The molecule has 21 heavy (non-hydrogen) atoms. The van der Waals surface area contributed by atoms with Gasteiger partial charge in [0.1, 0.15) is 18.2 Å². The fraction of sp³-hybridized carbons (Fsp3) is 0.733. The molecule has 1 aromatic rings. The Balaban J connectivity index is 1.88. The van der Waals surface area contributed by atoms with Gasteiger partial charge in [0, 0.05) is 26.3 Å². The predicted molar refractivity (Wildman–Crippen MR) is 81.6 cm³/mol. The molecule has 2 unspecified atom stereocenters. The Hall–Kier alpha value is -1.40. The zero-order chi connectivity index (χ0) is 14.7. The van der Waals surface area contributed by atoms with E-state index in [-0.39, 0.29) is 0 Å². The van der Waals surface area contributed by atoms with Crippen molar-refractivity contribution in [2.24, 2.45) is 0 Å². The molecule has 1 saturated carbocycles. The summed E-state index contributed by atoms with van der Waals surface area (Å²) in [5.74, 6) is 2.59. The number of fused-ring (bicyclic) bond motifs is 1. The molecule has 116 valence electrons. The molecule has 2 heterocycles. The van der Waals surface area contributed by atoms with Gasteiger partial charge in [0.25, 0.3) is 0 Å². The van der Waals surface area contributed by atoms with Crippen LogP contribution in [0.4, 0.5) is 11.6 Å². The van der Waals surface area contributed by atoms with Crippen LogP contribution in [0.3, 0.4) is 0 Å². The van der Waals surface area contributed by atoms with Gasteiger partial charge in [-0.1, -0.05) is 0 Å². The molecule has 1 saturated heterocycles. The molecular weight excluding hydrogens is 268 g/mol. The van der Waals surface area contributed by atoms with Crippen molar-refractivity contribution < 1.29 is 9.47 Å². The summed E-state index contributed by atoms with van der Waals surface area (Å²) >= 11 is 0. The fourth-order valence-corrected chi connectivity index (χ4v) is 3.31. The second-order valence-corrected chi connectivity index (χ2v) is 5.59. The van der Waals surface area contributed by atoms with Crippen molar-refractivity contribution in [1.29, 1.82) is 0 Å². The first kappa shape index (κ1) is 14.5. The predicted octanol–water partition coefficient (Wildman–Crippen LogP) is 1.81. The lowest BCUT2D eigenvalue weighted by molar-refractivity contribution is 0.0253. The van der Waals surface area contributed by atoms with Crippen molar-refractivity contribution in [3.63, 3.8) is 0 Å². The van der Waals surface area contributed by atoms with Gasteiger partial charge in [-0.2, -0.15) is 0 Å². The van der Waals surface area contributed by atoms with Crippen LogP contribution in [-0.4, -0.2) is 48.9 Å². The van der Waals surface area contributed by atoms with Crippen LogP contribution < -0.4 is 10.2 Å². The first-order chi connectivity index (χ1) is 10.3. The van der Waals surface area contributed by atoms with Crippen LogP contribution in [0.2, 0.25) is 0 Å². The summed E-state index contributed by atoms with van der Waals surface area (Å²) < 4.78 is 11.1. The molecule has 6 heteroatoms. The van der Waals surface area contributed by atoms with Crippen LogP contribution in [0.5, 0.6) is 0 Å². The number of aromatic nitrogens is 2. The normalized spacial score (nSPS) is 25.0. The molecule has 1 aliphatic heterocycles. The maximum Gasteiger partial charge on any atom is 0.158 e. The second kappa shape index (κ2) is 6.58. The molecule has 0 spiro atoms. The Morgan fingerprint density at radius 1 is 1.43 bits per heavy atom. The molecule has 1 aliphatic carbocycles. The summed E-state index contributed by atoms with van der Waals surface area (Å²) in [4.78, 5) is 11.6. The quantitative estimate of drug-likeness (QED) is 0.893. The minimum absolute atomic E-state index is 0.363. The number of methoxy groups -OCH3 is 1. The smallest absolute Gasteiger partial charge is 0.158 e. The topological polar surface area (TPSA) is 59.5 Å². The maximum absolute atomic E-state index is 5.88. The van der Waals surface area contributed by atoms with Crippen LogP contribution in [0.1, 0.15) is 32.0 Å². The van der Waals surface area contributed by atoms with Crippen LogP contribution in [-0.2, 0) is 16.1 Å². The molecule has 0 aromatic carbocycles.